The van der Waals surface area contributed by atoms with Gasteiger partial charge in [-0.2, -0.15) is 11.8 Å². The van der Waals surface area contributed by atoms with Crippen LogP contribution in [-0.2, 0) is 9.59 Å². The quantitative estimate of drug-likeness (QED) is 0.788. The van der Waals surface area contributed by atoms with Crippen LogP contribution in [0.4, 0.5) is 0 Å². The van der Waals surface area contributed by atoms with Crippen LogP contribution in [0.5, 0.6) is 0 Å². The molecule has 0 heterocycles. The Kier molecular flexibility index (Phi) is 4.40. The highest BCUT2D eigenvalue weighted by Crippen LogP contribution is 2.37. The highest BCUT2D eigenvalue weighted by atomic mass is 32.2. The lowest BCUT2D eigenvalue weighted by Crippen LogP contribution is -2.35. The highest BCUT2D eigenvalue weighted by molar-refractivity contribution is 7.99. The first-order valence-corrected chi connectivity index (χ1v) is 6.51. The van der Waals surface area contributed by atoms with Gasteiger partial charge in [-0.15, -0.1) is 0 Å². The number of carboxylic acid groups (broad SMARTS) is 2. The molecule has 94 valence electrons. The highest BCUT2D eigenvalue weighted by Gasteiger charge is 2.40. The van der Waals surface area contributed by atoms with Crippen LogP contribution in [-0.4, -0.2) is 33.7 Å². The van der Waals surface area contributed by atoms with Gasteiger partial charge in [0.15, 0.2) is 0 Å². The molecule has 1 aliphatic rings. The monoisotopic (exact) mass is 256 g/mol. The van der Waals surface area contributed by atoms with E-state index in [-0.39, 0.29) is 12.0 Å². The van der Waals surface area contributed by atoms with Gasteiger partial charge in [0.1, 0.15) is 0 Å². The third kappa shape index (κ3) is 3.12. The van der Waals surface area contributed by atoms with E-state index in [1.807, 2.05) is 6.92 Å². The van der Waals surface area contributed by atoms with Gasteiger partial charge in [0, 0.05) is 11.3 Å². The predicted octanol–water partition coefficient (Wildman–Crippen LogP) is 2.17. The summed E-state index contributed by atoms with van der Waals surface area (Å²) in [6.45, 7) is 3.68. The number of carbonyl (C=O) groups is 2. The third-order valence-electron chi connectivity index (χ3n) is 2.68. The van der Waals surface area contributed by atoms with E-state index in [4.69, 9.17) is 5.11 Å². The number of thioether (sulfide) groups is 1. The lowest BCUT2D eigenvalue weighted by Gasteiger charge is -2.29. The van der Waals surface area contributed by atoms with Crippen molar-refractivity contribution < 1.29 is 19.8 Å². The van der Waals surface area contributed by atoms with Crippen LogP contribution in [0.2, 0.25) is 0 Å². The number of hydrogen-bond acceptors (Lipinski definition) is 3. The summed E-state index contributed by atoms with van der Waals surface area (Å²) in [5.41, 5.74) is -0.204. The molecule has 0 aromatic rings. The minimum Gasteiger partial charge on any atom is -0.481 e. The average molecular weight is 256 g/mol. The molecule has 0 saturated carbocycles. The second-order valence-corrected chi connectivity index (χ2v) is 5.41. The maximum atomic E-state index is 11.4. The summed E-state index contributed by atoms with van der Waals surface area (Å²) in [6.07, 6.45) is 3.27. The molecule has 17 heavy (non-hydrogen) atoms. The van der Waals surface area contributed by atoms with Crippen molar-refractivity contribution in [3.05, 3.63) is 23.3 Å². The molecule has 0 aromatic heterocycles. The smallest absolute Gasteiger partial charge is 0.331 e. The van der Waals surface area contributed by atoms with E-state index >= 15 is 0 Å². The van der Waals surface area contributed by atoms with Crippen molar-refractivity contribution in [3.63, 3.8) is 0 Å². The van der Waals surface area contributed by atoms with Crippen LogP contribution in [0.25, 0.3) is 0 Å². The van der Waals surface area contributed by atoms with E-state index < -0.39 is 17.4 Å². The molecule has 1 unspecified atom stereocenters. The molecule has 0 aromatic carbocycles. The fourth-order valence-electron chi connectivity index (χ4n) is 1.91. The fourth-order valence-corrected chi connectivity index (χ4v) is 2.78. The van der Waals surface area contributed by atoms with Gasteiger partial charge >= 0.3 is 11.9 Å². The van der Waals surface area contributed by atoms with Crippen LogP contribution in [0.1, 0.15) is 20.3 Å². The molecule has 0 saturated heterocycles. The molecular weight excluding hydrogens is 240 g/mol. The van der Waals surface area contributed by atoms with Crippen molar-refractivity contribution in [2.45, 2.75) is 20.3 Å². The fraction of sp³-hybridized carbons (Fsp3) is 0.500. The van der Waals surface area contributed by atoms with Gasteiger partial charge in [0.2, 0.25) is 0 Å². The number of carboxylic acids is 2. The molecule has 5 heteroatoms. The van der Waals surface area contributed by atoms with E-state index in [0.29, 0.717) is 11.3 Å². The second kappa shape index (κ2) is 5.40. The Morgan fingerprint density at radius 3 is 2.59 bits per heavy atom. The third-order valence-corrected chi connectivity index (χ3v) is 3.80. The zero-order valence-corrected chi connectivity index (χ0v) is 10.7. The summed E-state index contributed by atoms with van der Waals surface area (Å²) >= 11 is 1.51. The topological polar surface area (TPSA) is 74.6 Å². The maximum absolute atomic E-state index is 11.4. The molecular formula is C12H16O4S. The van der Waals surface area contributed by atoms with Crippen LogP contribution < -0.4 is 0 Å². The lowest BCUT2D eigenvalue weighted by molar-refractivity contribution is -0.145. The summed E-state index contributed by atoms with van der Waals surface area (Å²) in [5, 5.41) is 18.4. The molecule has 0 aliphatic heterocycles. The molecule has 0 amide bonds. The van der Waals surface area contributed by atoms with Crippen molar-refractivity contribution in [2.75, 3.05) is 11.5 Å². The van der Waals surface area contributed by atoms with Crippen LogP contribution in [0, 0.1) is 5.41 Å². The van der Waals surface area contributed by atoms with Crippen LogP contribution in [0.3, 0.4) is 0 Å². The molecule has 1 rings (SSSR count). The zero-order valence-electron chi connectivity index (χ0n) is 9.90. The largest absolute Gasteiger partial charge is 0.481 e. The van der Waals surface area contributed by atoms with Gasteiger partial charge < -0.3 is 10.2 Å². The first kappa shape index (κ1) is 13.8. The van der Waals surface area contributed by atoms with E-state index in [9.17, 15) is 14.7 Å². The molecule has 1 atom stereocenters. The molecule has 0 fully saturated rings. The number of hydrogen-bond donors (Lipinski definition) is 2. The Balaban J connectivity index is 3.05. The SMILES string of the molecule is CCSCC1(C(=O)O)C=C(C)C=C(C(=O)O)C1. The molecule has 0 radical (unpaired) electrons. The summed E-state index contributed by atoms with van der Waals surface area (Å²) in [6, 6.07) is 0. The lowest BCUT2D eigenvalue weighted by atomic mass is 9.78. The van der Waals surface area contributed by atoms with E-state index in [0.717, 1.165) is 5.75 Å². The van der Waals surface area contributed by atoms with E-state index in [1.54, 1.807) is 19.1 Å². The minimum atomic E-state index is -1.08. The van der Waals surface area contributed by atoms with Crippen molar-refractivity contribution in [1.82, 2.24) is 0 Å². The van der Waals surface area contributed by atoms with E-state index in [1.165, 1.54) is 11.8 Å². The standard InChI is InChI=1S/C12H16O4S/c1-3-17-7-12(11(15)16)5-8(2)4-9(6-12)10(13)14/h4-5H,3,6-7H2,1-2H3,(H,13,14)(H,15,16). The average Bonchev–Trinajstić information content (AvgIpc) is 2.25. The number of rotatable bonds is 5. The summed E-state index contributed by atoms with van der Waals surface area (Å²) < 4.78 is 0. The van der Waals surface area contributed by atoms with Gasteiger partial charge in [-0.25, -0.2) is 4.79 Å². The number of aliphatic carboxylic acids is 2. The van der Waals surface area contributed by atoms with Crippen molar-refractivity contribution in [1.29, 1.82) is 0 Å². The molecule has 1 aliphatic carbocycles. The first-order valence-electron chi connectivity index (χ1n) is 5.36. The summed E-state index contributed by atoms with van der Waals surface area (Å²) in [5.74, 6) is -0.774. The van der Waals surface area contributed by atoms with Gasteiger partial charge in [-0.3, -0.25) is 4.79 Å². The van der Waals surface area contributed by atoms with E-state index in [2.05, 4.69) is 0 Å². The van der Waals surface area contributed by atoms with Crippen molar-refractivity contribution in [3.8, 4) is 0 Å². The van der Waals surface area contributed by atoms with Crippen molar-refractivity contribution in [2.24, 2.45) is 5.41 Å². The molecule has 2 N–H and O–H groups in total. The first-order chi connectivity index (χ1) is 7.91. The Morgan fingerprint density at radius 1 is 1.47 bits per heavy atom. The maximum Gasteiger partial charge on any atom is 0.331 e. The Morgan fingerprint density at radius 2 is 2.12 bits per heavy atom. The second-order valence-electron chi connectivity index (χ2n) is 4.14. The molecule has 0 spiro atoms. The minimum absolute atomic E-state index is 0.0575. The van der Waals surface area contributed by atoms with Gasteiger partial charge in [-0.05, 0) is 25.2 Å². The predicted molar refractivity (Wildman–Crippen MR) is 67.2 cm³/mol. The molecule has 0 bridgehead atoms. The normalized spacial score (nSPS) is 23.9. The van der Waals surface area contributed by atoms with Crippen molar-refractivity contribution >= 4 is 23.7 Å². The van der Waals surface area contributed by atoms with Gasteiger partial charge in [-0.1, -0.05) is 18.6 Å². The molecule has 4 nitrogen and oxygen atoms in total. The zero-order chi connectivity index (χ0) is 13.1. The summed E-state index contributed by atoms with van der Waals surface area (Å²) in [7, 11) is 0. The van der Waals surface area contributed by atoms with Gasteiger partial charge in [0.05, 0.1) is 5.41 Å². The number of allylic oxidation sites excluding steroid dienone is 2. The Labute approximate surface area is 104 Å². The van der Waals surface area contributed by atoms with Gasteiger partial charge in [0.25, 0.3) is 0 Å². The van der Waals surface area contributed by atoms with Crippen LogP contribution >= 0.6 is 11.8 Å². The Bertz CT molecular complexity index is 397. The summed E-state index contributed by atoms with van der Waals surface area (Å²) in [4.78, 5) is 22.4. The Hall–Kier alpha value is -1.23. The van der Waals surface area contributed by atoms with Crippen LogP contribution in [0.15, 0.2) is 23.3 Å².